The first-order valence-electron chi connectivity index (χ1n) is 7.18. The maximum atomic E-state index is 12.3. The highest BCUT2D eigenvalue weighted by molar-refractivity contribution is 5.91. The third-order valence-corrected chi connectivity index (χ3v) is 3.33. The number of pyridine rings is 1. The van der Waals surface area contributed by atoms with Gasteiger partial charge in [-0.25, -0.2) is 4.79 Å². The Hall–Kier alpha value is -2.89. The molecule has 2 aromatic rings. The summed E-state index contributed by atoms with van der Waals surface area (Å²) in [4.78, 5) is 36.0. The van der Waals surface area contributed by atoms with E-state index in [1.165, 1.54) is 6.07 Å². The van der Waals surface area contributed by atoms with Crippen LogP contribution in [0.2, 0.25) is 0 Å². The number of ether oxygens (including phenoxy) is 1. The summed E-state index contributed by atoms with van der Waals surface area (Å²) < 4.78 is 6.57. The number of carbonyl (C=O) groups is 1. The zero-order chi connectivity index (χ0) is 17.0. The minimum Gasteiger partial charge on any atom is -0.504 e. The first-order chi connectivity index (χ1) is 11.0. The van der Waals surface area contributed by atoms with Crippen molar-refractivity contribution in [3.05, 3.63) is 62.6 Å². The van der Waals surface area contributed by atoms with Crippen molar-refractivity contribution in [3.8, 4) is 5.75 Å². The molecular weight excluding hydrogens is 298 g/mol. The van der Waals surface area contributed by atoms with Crippen LogP contribution in [0.1, 0.15) is 24.3 Å². The monoisotopic (exact) mass is 315 g/mol. The molecule has 0 unspecified atom stereocenters. The lowest BCUT2D eigenvalue weighted by molar-refractivity contribution is 0.0514. The fourth-order valence-corrected chi connectivity index (χ4v) is 2.24. The number of hydrogen-bond donors (Lipinski definition) is 1. The van der Waals surface area contributed by atoms with Crippen LogP contribution in [0.3, 0.4) is 0 Å². The molecule has 1 aromatic heterocycles. The Kier molecular flexibility index (Phi) is 4.95. The van der Waals surface area contributed by atoms with Crippen molar-refractivity contribution in [2.75, 3.05) is 6.61 Å². The van der Waals surface area contributed by atoms with Crippen LogP contribution < -0.4 is 10.9 Å². The average molecular weight is 315 g/mol. The van der Waals surface area contributed by atoms with E-state index in [0.717, 1.165) is 18.2 Å². The molecule has 0 radical (unpaired) electrons. The summed E-state index contributed by atoms with van der Waals surface area (Å²) in [6.07, 6.45) is 3.61. The zero-order valence-electron chi connectivity index (χ0n) is 12.9. The first-order valence-corrected chi connectivity index (χ1v) is 7.18. The van der Waals surface area contributed by atoms with Gasteiger partial charge in [0.15, 0.2) is 11.2 Å². The number of aromatic hydroxyl groups is 1. The van der Waals surface area contributed by atoms with Gasteiger partial charge in [0.25, 0.3) is 0 Å². The molecule has 120 valence electrons. The Morgan fingerprint density at radius 1 is 1.26 bits per heavy atom. The number of allylic oxidation sites excluding steroid dienone is 2. The molecule has 0 saturated carbocycles. The Morgan fingerprint density at radius 2 is 2.00 bits per heavy atom. The molecule has 0 fully saturated rings. The average Bonchev–Trinajstić information content (AvgIpc) is 2.67. The molecule has 0 spiro atoms. The molecule has 23 heavy (non-hydrogen) atoms. The summed E-state index contributed by atoms with van der Waals surface area (Å²) in [6.45, 7) is 4.01. The first kappa shape index (κ1) is 16.5. The van der Waals surface area contributed by atoms with E-state index < -0.39 is 22.6 Å². The van der Waals surface area contributed by atoms with E-state index in [1.807, 2.05) is 6.92 Å². The van der Waals surface area contributed by atoms with Gasteiger partial charge in [-0.3, -0.25) is 9.59 Å². The highest BCUT2D eigenvalue weighted by Gasteiger charge is 2.16. The van der Waals surface area contributed by atoms with Crippen molar-refractivity contribution in [3.63, 3.8) is 0 Å². The second-order valence-corrected chi connectivity index (χ2v) is 4.82. The van der Waals surface area contributed by atoms with Crippen molar-refractivity contribution in [2.24, 2.45) is 0 Å². The molecule has 6 heteroatoms. The summed E-state index contributed by atoms with van der Waals surface area (Å²) in [5.74, 6) is -1.13. The maximum absolute atomic E-state index is 12.3. The van der Waals surface area contributed by atoms with E-state index in [-0.39, 0.29) is 17.7 Å². The van der Waals surface area contributed by atoms with E-state index >= 15 is 0 Å². The molecule has 0 aliphatic rings. The molecule has 6 nitrogen and oxygen atoms in total. The molecule has 1 heterocycles. The Morgan fingerprint density at radius 3 is 2.65 bits per heavy atom. The molecule has 2 rings (SSSR count). The lowest BCUT2D eigenvalue weighted by atomic mass is 10.2. The number of nitrogens with zero attached hydrogens (tertiary/aromatic N) is 1. The fraction of sp³-hybridized carbons (Fsp3) is 0.235. The number of esters is 1. The third kappa shape index (κ3) is 3.31. The van der Waals surface area contributed by atoms with E-state index in [9.17, 15) is 19.5 Å². The molecular formula is C17H17NO5. The normalized spacial score (nSPS) is 11.0. The Labute approximate surface area is 132 Å². The quantitative estimate of drug-likeness (QED) is 0.687. The highest BCUT2D eigenvalue weighted by atomic mass is 16.5. The smallest absolute Gasteiger partial charge is 0.355 e. The minimum atomic E-state index is -0.617. The molecule has 0 aliphatic carbocycles. The van der Waals surface area contributed by atoms with Crippen LogP contribution >= 0.6 is 0 Å². The number of aromatic nitrogens is 1. The predicted octanol–water partition coefficient (Wildman–Crippen LogP) is 1.82. The second kappa shape index (κ2) is 6.91. The summed E-state index contributed by atoms with van der Waals surface area (Å²) in [7, 11) is 0. The van der Waals surface area contributed by atoms with Gasteiger partial charge in [-0.05, 0) is 32.0 Å². The van der Waals surface area contributed by atoms with Gasteiger partial charge in [0, 0.05) is 18.0 Å². The molecule has 0 saturated heterocycles. The molecule has 0 atom stereocenters. The molecule has 0 amide bonds. The maximum Gasteiger partial charge on any atom is 0.355 e. The predicted molar refractivity (Wildman–Crippen MR) is 86.9 cm³/mol. The van der Waals surface area contributed by atoms with Gasteiger partial charge >= 0.3 is 5.97 Å². The third-order valence-electron chi connectivity index (χ3n) is 3.33. The lowest BCUT2D eigenvalue weighted by Crippen LogP contribution is -2.19. The zero-order valence-corrected chi connectivity index (χ0v) is 12.9. The summed E-state index contributed by atoms with van der Waals surface area (Å²) in [5, 5.41) is 9.82. The van der Waals surface area contributed by atoms with Crippen molar-refractivity contribution >= 4 is 16.9 Å². The number of fused-ring (bicyclic) bond motifs is 1. The Bertz CT molecular complexity index is 896. The molecule has 0 bridgehead atoms. The van der Waals surface area contributed by atoms with Gasteiger partial charge in [-0.2, -0.15) is 0 Å². The van der Waals surface area contributed by atoms with Gasteiger partial charge in [0.05, 0.1) is 12.1 Å². The van der Waals surface area contributed by atoms with Crippen molar-refractivity contribution in [1.29, 1.82) is 0 Å². The number of carbonyl (C=O) groups excluding carboxylic acids is 1. The lowest BCUT2D eigenvalue weighted by Gasteiger charge is -2.13. The minimum absolute atomic E-state index is 0.0978. The van der Waals surface area contributed by atoms with Gasteiger partial charge in [0.2, 0.25) is 5.43 Å². The number of hydrogen-bond acceptors (Lipinski definition) is 5. The van der Waals surface area contributed by atoms with Crippen LogP contribution in [0.15, 0.2) is 46.0 Å². The molecule has 1 N–H and O–H groups in total. The van der Waals surface area contributed by atoms with Crippen molar-refractivity contribution in [2.45, 2.75) is 20.4 Å². The Balaban J connectivity index is 2.90. The van der Waals surface area contributed by atoms with Crippen molar-refractivity contribution in [1.82, 2.24) is 4.57 Å². The van der Waals surface area contributed by atoms with E-state index in [0.29, 0.717) is 12.1 Å². The van der Waals surface area contributed by atoms with Gasteiger partial charge < -0.3 is 14.4 Å². The summed E-state index contributed by atoms with van der Waals surface area (Å²) in [5.41, 5.74) is -0.599. The molecule has 1 aromatic carbocycles. The summed E-state index contributed by atoms with van der Waals surface area (Å²) in [6, 6.07) is 4.87. The van der Waals surface area contributed by atoms with E-state index in [4.69, 9.17) is 4.74 Å². The van der Waals surface area contributed by atoms with E-state index in [1.54, 1.807) is 23.6 Å². The van der Waals surface area contributed by atoms with Crippen LogP contribution in [-0.2, 0) is 11.3 Å². The van der Waals surface area contributed by atoms with Crippen LogP contribution in [0.25, 0.3) is 10.9 Å². The van der Waals surface area contributed by atoms with Crippen LogP contribution in [-0.4, -0.2) is 22.2 Å². The molecule has 0 aliphatic heterocycles. The SMILES string of the molecule is C/C=C/Cn1c(C(=O)OCC)cc(=O)c2cc(O)c(=O)ccc21. The largest absolute Gasteiger partial charge is 0.504 e. The van der Waals surface area contributed by atoms with Crippen LogP contribution in [0, 0.1) is 0 Å². The topological polar surface area (TPSA) is 85.6 Å². The van der Waals surface area contributed by atoms with Gasteiger partial charge in [-0.1, -0.05) is 12.2 Å². The van der Waals surface area contributed by atoms with Crippen LogP contribution in [0.4, 0.5) is 0 Å². The second-order valence-electron chi connectivity index (χ2n) is 4.82. The standard InChI is InChI=1S/C17H17NO5/c1-3-5-8-18-12-6-7-14(19)16(21)9-11(12)15(20)10-13(18)17(22)23-4-2/h3,5-7,9-10H,4,8H2,1-2H3,(H,19,21)/b5-3+. The highest BCUT2D eigenvalue weighted by Crippen LogP contribution is 2.15. The van der Waals surface area contributed by atoms with Gasteiger partial charge in [0.1, 0.15) is 5.69 Å². The van der Waals surface area contributed by atoms with Gasteiger partial charge in [-0.15, -0.1) is 0 Å². The number of rotatable bonds is 4. The summed E-state index contributed by atoms with van der Waals surface area (Å²) >= 11 is 0. The van der Waals surface area contributed by atoms with Crippen molar-refractivity contribution < 1.29 is 14.6 Å². The fourth-order valence-electron chi connectivity index (χ4n) is 2.24. The van der Waals surface area contributed by atoms with E-state index in [2.05, 4.69) is 0 Å². The van der Waals surface area contributed by atoms with Crippen LogP contribution in [0.5, 0.6) is 5.75 Å².